The van der Waals surface area contributed by atoms with Gasteiger partial charge in [-0.3, -0.25) is 9.69 Å². The average Bonchev–Trinajstić information content (AvgIpc) is 3.07. The third kappa shape index (κ3) is 4.54. The predicted molar refractivity (Wildman–Crippen MR) is 123 cm³/mol. The lowest BCUT2D eigenvalue weighted by molar-refractivity contribution is 0.0687. The Hall–Kier alpha value is -2.21. The minimum absolute atomic E-state index is 0.0927. The molecule has 4 rings (SSSR count). The molecular weight excluding hydrogens is 390 g/mol. The zero-order valence-corrected chi connectivity index (χ0v) is 18.8. The van der Waals surface area contributed by atoms with Crippen molar-refractivity contribution in [1.29, 1.82) is 0 Å². The van der Waals surface area contributed by atoms with Crippen molar-refractivity contribution in [2.75, 3.05) is 0 Å². The molecule has 0 amide bonds. The molecule has 3 atom stereocenters. The fraction of sp³-hybridized carbons (Fsp3) is 0.640. The van der Waals surface area contributed by atoms with Gasteiger partial charge in [0.1, 0.15) is 0 Å². The number of carbonyl (C=O) groups is 1. The second kappa shape index (κ2) is 9.51. The van der Waals surface area contributed by atoms with E-state index in [1.54, 1.807) is 10.6 Å². The summed E-state index contributed by atoms with van der Waals surface area (Å²) in [6, 6.07) is 8.91. The fourth-order valence-corrected chi connectivity index (χ4v) is 5.95. The van der Waals surface area contributed by atoms with E-state index in [2.05, 4.69) is 23.7 Å². The molecule has 0 spiro atoms. The molecule has 2 heterocycles. The lowest BCUT2D eigenvalue weighted by Gasteiger charge is -2.38. The molecule has 1 saturated carbocycles. The van der Waals surface area contributed by atoms with Crippen LogP contribution in [-0.4, -0.2) is 43.7 Å². The predicted octanol–water partition coefficient (Wildman–Crippen LogP) is 5.01. The smallest absolute Gasteiger partial charge is 0.360 e. The van der Waals surface area contributed by atoms with Crippen LogP contribution in [0.3, 0.4) is 0 Å². The topological polar surface area (TPSA) is 75.4 Å². The molecule has 1 aliphatic heterocycles. The molecule has 0 bridgehead atoms. The van der Waals surface area contributed by atoms with Crippen LogP contribution in [0.4, 0.5) is 0 Å². The number of para-hydroxylation sites is 2. The van der Waals surface area contributed by atoms with Crippen LogP contribution in [0.25, 0.3) is 11.0 Å². The number of hydrogen-bond donors (Lipinski definition) is 1. The standard InChI is InChI=1S/C25H35N3O3/c1-17-14-15-20(27(17)19-10-6-4-3-5-7-11-19)16-18(2)28-22-13-9-8-12-21(22)26-23(24(28)29)25(30)31/h8-9,12-13,17-20H,3-7,10-11,14-16H2,1-2H3,(H,30,31)/t17?,18-,20-/m0/s1. The second-order valence-corrected chi connectivity index (χ2v) is 9.54. The van der Waals surface area contributed by atoms with Gasteiger partial charge in [0.15, 0.2) is 0 Å². The van der Waals surface area contributed by atoms with Crippen molar-refractivity contribution in [3.8, 4) is 0 Å². The Morgan fingerprint density at radius 1 is 1.10 bits per heavy atom. The Morgan fingerprint density at radius 3 is 2.48 bits per heavy atom. The number of carboxylic acid groups (broad SMARTS) is 1. The summed E-state index contributed by atoms with van der Waals surface area (Å²) in [5.41, 5.74) is 0.390. The lowest BCUT2D eigenvalue weighted by atomic mass is 9.94. The summed E-state index contributed by atoms with van der Waals surface area (Å²) in [4.78, 5) is 31.6. The Morgan fingerprint density at radius 2 is 1.77 bits per heavy atom. The van der Waals surface area contributed by atoms with Crippen molar-refractivity contribution in [3.05, 3.63) is 40.3 Å². The molecule has 1 aromatic heterocycles. The highest BCUT2D eigenvalue weighted by atomic mass is 16.4. The number of fused-ring (bicyclic) bond motifs is 1. The summed E-state index contributed by atoms with van der Waals surface area (Å²) >= 11 is 0. The maximum atomic E-state index is 13.1. The summed E-state index contributed by atoms with van der Waals surface area (Å²) in [5.74, 6) is -1.26. The van der Waals surface area contributed by atoms with E-state index in [0.717, 1.165) is 12.8 Å². The maximum absolute atomic E-state index is 13.1. The van der Waals surface area contributed by atoms with Crippen molar-refractivity contribution in [2.24, 2.45) is 0 Å². The van der Waals surface area contributed by atoms with Crippen molar-refractivity contribution in [3.63, 3.8) is 0 Å². The molecule has 31 heavy (non-hydrogen) atoms. The first-order chi connectivity index (χ1) is 15.0. The highest BCUT2D eigenvalue weighted by molar-refractivity contribution is 5.88. The van der Waals surface area contributed by atoms with Gasteiger partial charge in [-0.25, -0.2) is 9.78 Å². The number of nitrogens with zero attached hydrogens (tertiary/aromatic N) is 3. The maximum Gasteiger partial charge on any atom is 0.360 e. The number of likely N-dealkylation sites (tertiary alicyclic amines) is 1. The molecule has 2 fully saturated rings. The molecule has 1 aliphatic carbocycles. The van der Waals surface area contributed by atoms with Crippen LogP contribution in [0.1, 0.15) is 94.6 Å². The van der Waals surface area contributed by atoms with Gasteiger partial charge in [-0.15, -0.1) is 0 Å². The van der Waals surface area contributed by atoms with E-state index < -0.39 is 11.5 Å². The van der Waals surface area contributed by atoms with Crippen LogP contribution in [0.5, 0.6) is 0 Å². The van der Waals surface area contributed by atoms with Gasteiger partial charge in [0.05, 0.1) is 11.0 Å². The van der Waals surface area contributed by atoms with Gasteiger partial charge in [-0.2, -0.15) is 0 Å². The molecular formula is C25H35N3O3. The first-order valence-electron chi connectivity index (χ1n) is 12.0. The molecule has 6 heteroatoms. The number of carboxylic acids is 1. The van der Waals surface area contributed by atoms with E-state index in [9.17, 15) is 14.7 Å². The average molecular weight is 426 g/mol. The fourth-order valence-electron chi connectivity index (χ4n) is 5.95. The normalized spacial score (nSPS) is 24.7. The van der Waals surface area contributed by atoms with E-state index >= 15 is 0 Å². The molecule has 1 unspecified atom stereocenters. The van der Waals surface area contributed by atoms with Crippen LogP contribution in [-0.2, 0) is 0 Å². The van der Waals surface area contributed by atoms with Crippen LogP contribution in [0.15, 0.2) is 29.1 Å². The van der Waals surface area contributed by atoms with Crippen LogP contribution < -0.4 is 5.56 Å². The molecule has 6 nitrogen and oxygen atoms in total. The Balaban J connectivity index is 1.63. The van der Waals surface area contributed by atoms with Crippen molar-refractivity contribution in [1.82, 2.24) is 14.5 Å². The highest BCUT2D eigenvalue weighted by Gasteiger charge is 2.36. The van der Waals surface area contributed by atoms with Gasteiger partial charge in [0.25, 0.3) is 5.56 Å². The monoisotopic (exact) mass is 425 g/mol. The van der Waals surface area contributed by atoms with Crippen LogP contribution in [0, 0.1) is 0 Å². The van der Waals surface area contributed by atoms with Gasteiger partial charge in [-0.1, -0.05) is 44.2 Å². The number of aromatic nitrogens is 2. The van der Waals surface area contributed by atoms with Crippen molar-refractivity contribution in [2.45, 2.75) is 102 Å². The zero-order valence-electron chi connectivity index (χ0n) is 18.8. The molecule has 2 aromatic rings. The molecule has 1 saturated heterocycles. The SMILES string of the molecule is CC1CC[C@@H](C[C@H](C)n2c(=O)c(C(=O)O)nc3ccccc32)N1C1CCCCCCC1. The van der Waals surface area contributed by atoms with Gasteiger partial charge in [0, 0.05) is 24.2 Å². The third-order valence-corrected chi connectivity index (χ3v) is 7.40. The largest absolute Gasteiger partial charge is 0.476 e. The quantitative estimate of drug-likeness (QED) is 0.729. The van der Waals surface area contributed by atoms with E-state index in [1.165, 1.54) is 51.4 Å². The molecule has 1 aromatic carbocycles. The van der Waals surface area contributed by atoms with Crippen molar-refractivity contribution >= 4 is 17.0 Å². The first kappa shape index (κ1) is 22.0. The second-order valence-electron chi connectivity index (χ2n) is 9.54. The Labute approximate surface area is 184 Å². The molecule has 0 radical (unpaired) electrons. The lowest BCUT2D eigenvalue weighted by Crippen LogP contribution is -2.44. The Bertz CT molecular complexity index is 978. The van der Waals surface area contributed by atoms with E-state index in [1.807, 2.05) is 18.2 Å². The summed E-state index contributed by atoms with van der Waals surface area (Å²) in [7, 11) is 0. The number of benzene rings is 1. The number of aromatic carboxylic acids is 1. The molecule has 2 aliphatic rings. The summed E-state index contributed by atoms with van der Waals surface area (Å²) in [6.45, 7) is 4.40. The molecule has 1 N–H and O–H groups in total. The van der Waals surface area contributed by atoms with Gasteiger partial charge in [-0.05, 0) is 58.1 Å². The number of hydrogen-bond acceptors (Lipinski definition) is 4. The zero-order chi connectivity index (χ0) is 22.0. The minimum Gasteiger partial charge on any atom is -0.476 e. The first-order valence-corrected chi connectivity index (χ1v) is 12.0. The van der Waals surface area contributed by atoms with E-state index in [0.29, 0.717) is 29.2 Å². The summed E-state index contributed by atoms with van der Waals surface area (Å²) in [6.07, 6.45) is 12.4. The summed E-state index contributed by atoms with van der Waals surface area (Å²) < 4.78 is 1.67. The number of rotatable bonds is 5. The Kier molecular flexibility index (Phi) is 6.75. The van der Waals surface area contributed by atoms with Crippen LogP contribution in [0.2, 0.25) is 0 Å². The van der Waals surface area contributed by atoms with Gasteiger partial charge < -0.3 is 9.67 Å². The van der Waals surface area contributed by atoms with E-state index in [4.69, 9.17) is 0 Å². The van der Waals surface area contributed by atoms with E-state index in [-0.39, 0.29) is 11.7 Å². The summed E-state index contributed by atoms with van der Waals surface area (Å²) in [5, 5.41) is 9.53. The van der Waals surface area contributed by atoms with Crippen molar-refractivity contribution < 1.29 is 9.90 Å². The minimum atomic E-state index is -1.26. The third-order valence-electron chi connectivity index (χ3n) is 7.40. The van der Waals surface area contributed by atoms with Gasteiger partial charge >= 0.3 is 5.97 Å². The highest BCUT2D eigenvalue weighted by Crippen LogP contribution is 2.35. The molecule has 168 valence electrons. The van der Waals surface area contributed by atoms with Crippen LogP contribution >= 0.6 is 0 Å². The van der Waals surface area contributed by atoms with Gasteiger partial charge in [0.2, 0.25) is 5.69 Å².